The number of nitrogens with zero attached hydrogens (tertiary/aromatic N) is 5. The third kappa shape index (κ3) is 3.21. The van der Waals surface area contributed by atoms with E-state index in [1.807, 2.05) is 0 Å². The van der Waals surface area contributed by atoms with Crippen LogP contribution in [-0.4, -0.2) is 46.8 Å². The predicted molar refractivity (Wildman–Crippen MR) is 89.5 cm³/mol. The van der Waals surface area contributed by atoms with Crippen molar-refractivity contribution in [1.82, 2.24) is 29.7 Å². The lowest BCUT2D eigenvalue weighted by Gasteiger charge is -2.07. The molecule has 0 aromatic carbocycles. The number of carbonyl (C=O) groups is 1. The fourth-order valence-electron chi connectivity index (χ4n) is 2.44. The van der Waals surface area contributed by atoms with Gasteiger partial charge in [-0.05, 0) is 12.8 Å². The Morgan fingerprint density at radius 2 is 2.28 bits per heavy atom. The summed E-state index contributed by atoms with van der Waals surface area (Å²) in [6.07, 6.45) is 3.71. The van der Waals surface area contributed by atoms with Crippen LogP contribution in [0.1, 0.15) is 18.5 Å². The molecule has 1 aliphatic carbocycles. The number of aliphatic hydroxyl groups is 1. The average Bonchev–Trinajstić information content (AvgIpc) is 3.13. The van der Waals surface area contributed by atoms with E-state index in [2.05, 4.69) is 35.8 Å². The van der Waals surface area contributed by atoms with Gasteiger partial charge in [0.2, 0.25) is 11.9 Å². The number of aromatic nitrogens is 6. The Morgan fingerprint density at radius 3 is 3.00 bits per heavy atom. The van der Waals surface area contributed by atoms with Crippen LogP contribution in [0.5, 0.6) is 0 Å². The minimum absolute atomic E-state index is 0.00284. The number of imidazole rings is 1. The number of rotatable bonds is 6. The summed E-state index contributed by atoms with van der Waals surface area (Å²) in [6, 6.07) is 1.95. The number of hydrogen-bond donors (Lipinski definition) is 5. The molecule has 11 nitrogen and oxygen atoms in total. The zero-order valence-electron chi connectivity index (χ0n) is 13.2. The van der Waals surface area contributed by atoms with Gasteiger partial charge in [0, 0.05) is 12.1 Å². The molecule has 1 fully saturated rings. The first-order valence-corrected chi connectivity index (χ1v) is 7.82. The van der Waals surface area contributed by atoms with E-state index < -0.39 is 0 Å². The summed E-state index contributed by atoms with van der Waals surface area (Å²) in [6.45, 7) is -0.181. The molecule has 1 saturated carbocycles. The number of nitrogen functional groups attached to an aromatic ring is 1. The highest BCUT2D eigenvalue weighted by Crippen LogP contribution is 2.27. The number of anilines is 3. The molecule has 3 heterocycles. The number of nitrogens with one attached hydrogen (secondary N) is 3. The molecule has 0 aliphatic heterocycles. The molecule has 3 aromatic heterocycles. The highest BCUT2D eigenvalue weighted by Gasteiger charge is 2.24. The van der Waals surface area contributed by atoms with Gasteiger partial charge in [0.25, 0.3) is 0 Å². The van der Waals surface area contributed by atoms with Crippen LogP contribution in [0.2, 0.25) is 0 Å². The van der Waals surface area contributed by atoms with Gasteiger partial charge >= 0.3 is 0 Å². The molecule has 0 unspecified atom stereocenters. The Labute approximate surface area is 141 Å². The van der Waals surface area contributed by atoms with Crippen molar-refractivity contribution in [3.63, 3.8) is 0 Å². The summed E-state index contributed by atoms with van der Waals surface area (Å²) < 4.78 is 1.60. The van der Waals surface area contributed by atoms with Crippen molar-refractivity contribution in [1.29, 1.82) is 0 Å². The quantitative estimate of drug-likeness (QED) is 0.412. The van der Waals surface area contributed by atoms with Crippen LogP contribution >= 0.6 is 0 Å². The van der Waals surface area contributed by atoms with Crippen LogP contribution in [-0.2, 0) is 17.9 Å². The second kappa shape index (κ2) is 6.02. The molecular weight excluding hydrogens is 326 g/mol. The number of aliphatic hydroxyl groups excluding tert-OH is 1. The summed E-state index contributed by atoms with van der Waals surface area (Å²) in [7, 11) is 0. The molecular formula is C14H17N9O2. The normalized spacial score (nSPS) is 14.0. The Bertz CT molecular complexity index is 928. The molecule has 6 N–H and O–H groups in total. The van der Waals surface area contributed by atoms with E-state index in [-0.39, 0.29) is 25.0 Å². The number of carbonyl (C=O) groups excluding carboxylic acids is 1. The van der Waals surface area contributed by atoms with E-state index in [9.17, 15) is 4.79 Å². The van der Waals surface area contributed by atoms with E-state index in [0.29, 0.717) is 34.5 Å². The number of aromatic amines is 1. The van der Waals surface area contributed by atoms with Gasteiger partial charge in [0.15, 0.2) is 22.8 Å². The second-order valence-electron chi connectivity index (χ2n) is 5.88. The van der Waals surface area contributed by atoms with Crippen molar-refractivity contribution < 1.29 is 9.90 Å². The summed E-state index contributed by atoms with van der Waals surface area (Å²) >= 11 is 0. The zero-order chi connectivity index (χ0) is 17.4. The molecule has 25 heavy (non-hydrogen) atoms. The Balaban J connectivity index is 1.54. The van der Waals surface area contributed by atoms with Gasteiger partial charge in [-0.2, -0.15) is 15.1 Å². The topological polar surface area (TPSA) is 160 Å². The number of fused-ring (bicyclic) bond motifs is 1. The van der Waals surface area contributed by atoms with Crippen LogP contribution in [0, 0.1) is 0 Å². The monoisotopic (exact) mass is 343 g/mol. The SMILES string of the molecule is Nc1nc(NC2CC2)c2ncn(CC(=O)Nc3cc(CO)[nH]n3)c2n1. The fourth-order valence-corrected chi connectivity index (χ4v) is 2.44. The van der Waals surface area contributed by atoms with Crippen LogP contribution in [0.3, 0.4) is 0 Å². The Kier molecular flexibility index (Phi) is 3.69. The van der Waals surface area contributed by atoms with Gasteiger partial charge < -0.3 is 26.0 Å². The van der Waals surface area contributed by atoms with E-state index >= 15 is 0 Å². The Morgan fingerprint density at radius 1 is 1.44 bits per heavy atom. The van der Waals surface area contributed by atoms with Crippen molar-refractivity contribution in [3.05, 3.63) is 18.1 Å². The lowest BCUT2D eigenvalue weighted by atomic mass is 10.4. The van der Waals surface area contributed by atoms with E-state index in [4.69, 9.17) is 10.8 Å². The van der Waals surface area contributed by atoms with Crippen LogP contribution in [0.15, 0.2) is 12.4 Å². The van der Waals surface area contributed by atoms with Crippen molar-refractivity contribution >= 4 is 34.7 Å². The smallest absolute Gasteiger partial charge is 0.245 e. The first-order valence-electron chi connectivity index (χ1n) is 7.82. The maximum absolute atomic E-state index is 12.2. The minimum atomic E-state index is -0.302. The fraction of sp³-hybridized carbons (Fsp3) is 0.357. The van der Waals surface area contributed by atoms with Gasteiger partial charge in [0.05, 0.1) is 18.6 Å². The predicted octanol–water partition coefficient (Wildman–Crippen LogP) is -0.163. The van der Waals surface area contributed by atoms with Crippen LogP contribution in [0.25, 0.3) is 11.2 Å². The average molecular weight is 343 g/mol. The van der Waals surface area contributed by atoms with Crippen molar-refractivity contribution in [2.45, 2.75) is 32.0 Å². The Hall–Kier alpha value is -3.21. The highest BCUT2D eigenvalue weighted by atomic mass is 16.3. The van der Waals surface area contributed by atoms with Gasteiger partial charge in [-0.1, -0.05) is 0 Å². The van der Waals surface area contributed by atoms with Gasteiger partial charge in [-0.25, -0.2) is 4.98 Å². The van der Waals surface area contributed by atoms with E-state index in [0.717, 1.165) is 12.8 Å². The second-order valence-corrected chi connectivity index (χ2v) is 5.88. The lowest BCUT2D eigenvalue weighted by Crippen LogP contribution is -2.19. The van der Waals surface area contributed by atoms with Crippen molar-refractivity contribution in [2.24, 2.45) is 0 Å². The van der Waals surface area contributed by atoms with Crippen molar-refractivity contribution in [2.75, 3.05) is 16.4 Å². The molecule has 0 radical (unpaired) electrons. The molecule has 4 rings (SSSR count). The summed E-state index contributed by atoms with van der Waals surface area (Å²) in [5, 5.41) is 21.4. The van der Waals surface area contributed by atoms with Crippen LogP contribution in [0.4, 0.5) is 17.6 Å². The van der Waals surface area contributed by atoms with Gasteiger partial charge in [0.1, 0.15) is 6.54 Å². The number of nitrogens with two attached hydrogens (primary N) is 1. The summed E-state index contributed by atoms with van der Waals surface area (Å²) in [5.41, 5.74) is 7.36. The van der Waals surface area contributed by atoms with E-state index in [1.54, 1.807) is 10.6 Å². The third-order valence-electron chi connectivity index (χ3n) is 3.78. The maximum atomic E-state index is 12.2. The first-order chi connectivity index (χ1) is 12.1. The van der Waals surface area contributed by atoms with Crippen LogP contribution < -0.4 is 16.4 Å². The molecule has 0 atom stereocenters. The summed E-state index contributed by atoms with van der Waals surface area (Å²) in [5.74, 6) is 0.745. The lowest BCUT2D eigenvalue weighted by molar-refractivity contribution is -0.116. The molecule has 0 spiro atoms. The molecule has 0 saturated heterocycles. The van der Waals surface area contributed by atoms with Crippen molar-refractivity contribution in [3.8, 4) is 0 Å². The molecule has 1 amide bonds. The highest BCUT2D eigenvalue weighted by molar-refractivity contribution is 5.91. The van der Waals surface area contributed by atoms with Gasteiger partial charge in [-0.3, -0.25) is 9.89 Å². The van der Waals surface area contributed by atoms with Gasteiger partial charge in [-0.15, -0.1) is 0 Å². The summed E-state index contributed by atoms with van der Waals surface area (Å²) in [4.78, 5) is 24.9. The number of amides is 1. The molecule has 1 aliphatic rings. The standard InChI is InChI=1S/C14H17N9O2/c15-14-19-12(17-7-1-2-7)11-13(20-14)23(6-16-11)4-10(25)18-9-3-8(5-24)21-22-9/h3,6-7,24H,1-2,4-5H2,(H3,15,17,19,20)(H2,18,21,22,25). The number of H-pyrrole nitrogens is 1. The largest absolute Gasteiger partial charge is 0.390 e. The first kappa shape index (κ1) is 15.3. The molecule has 0 bridgehead atoms. The maximum Gasteiger partial charge on any atom is 0.245 e. The molecule has 11 heteroatoms. The third-order valence-corrected chi connectivity index (χ3v) is 3.78. The molecule has 130 valence electrons. The minimum Gasteiger partial charge on any atom is -0.390 e. The number of hydrogen-bond acceptors (Lipinski definition) is 8. The van der Waals surface area contributed by atoms with E-state index in [1.165, 1.54) is 6.33 Å². The molecule has 3 aromatic rings. The zero-order valence-corrected chi connectivity index (χ0v) is 13.2.